The van der Waals surface area contributed by atoms with E-state index in [9.17, 15) is 8.78 Å². The maximum atomic E-state index is 13.0. The number of aromatic nitrogens is 2. The van der Waals surface area contributed by atoms with E-state index in [0.29, 0.717) is 5.56 Å². The van der Waals surface area contributed by atoms with Crippen molar-refractivity contribution in [3.63, 3.8) is 0 Å². The second-order valence-electron chi connectivity index (χ2n) is 3.79. The Hall–Kier alpha value is -1.86. The van der Waals surface area contributed by atoms with Gasteiger partial charge in [0.05, 0.1) is 6.61 Å². The standard InChI is InChI=1S/C11H11F2N3O2/c12-7-1-6(2-8(13)4-7)3-10-15-11(18-16-10)9(14)5-17/h1-2,4,9,17H,3,5,14H2/t9-/m1/s1. The molecule has 0 radical (unpaired) electrons. The summed E-state index contributed by atoms with van der Waals surface area (Å²) in [7, 11) is 0. The Bertz CT molecular complexity index is 525. The van der Waals surface area contributed by atoms with Crippen molar-refractivity contribution >= 4 is 0 Å². The van der Waals surface area contributed by atoms with Crippen molar-refractivity contribution in [3.05, 3.63) is 47.1 Å². The van der Waals surface area contributed by atoms with Gasteiger partial charge in [0.2, 0.25) is 5.89 Å². The van der Waals surface area contributed by atoms with E-state index in [1.807, 2.05) is 0 Å². The van der Waals surface area contributed by atoms with Gasteiger partial charge in [-0.15, -0.1) is 0 Å². The molecular weight excluding hydrogens is 244 g/mol. The zero-order valence-corrected chi connectivity index (χ0v) is 9.31. The van der Waals surface area contributed by atoms with Crippen LogP contribution in [0.2, 0.25) is 0 Å². The summed E-state index contributed by atoms with van der Waals surface area (Å²) in [5.41, 5.74) is 5.87. The number of aliphatic hydroxyl groups is 1. The van der Waals surface area contributed by atoms with Crippen LogP contribution in [-0.2, 0) is 6.42 Å². The van der Waals surface area contributed by atoms with Gasteiger partial charge in [0.1, 0.15) is 17.7 Å². The van der Waals surface area contributed by atoms with E-state index < -0.39 is 17.7 Å². The van der Waals surface area contributed by atoms with E-state index in [0.717, 1.165) is 6.07 Å². The Morgan fingerprint density at radius 3 is 2.56 bits per heavy atom. The first kappa shape index (κ1) is 12.6. The van der Waals surface area contributed by atoms with Gasteiger partial charge in [-0.25, -0.2) is 8.78 Å². The van der Waals surface area contributed by atoms with Crippen molar-refractivity contribution in [1.29, 1.82) is 0 Å². The number of hydrogen-bond acceptors (Lipinski definition) is 5. The third kappa shape index (κ3) is 2.88. The summed E-state index contributed by atoms with van der Waals surface area (Å²) in [4.78, 5) is 3.93. The highest BCUT2D eigenvalue weighted by molar-refractivity contribution is 5.21. The van der Waals surface area contributed by atoms with E-state index in [4.69, 9.17) is 15.4 Å². The van der Waals surface area contributed by atoms with Gasteiger partial charge in [-0.3, -0.25) is 0 Å². The fraction of sp³-hybridized carbons (Fsp3) is 0.273. The zero-order chi connectivity index (χ0) is 13.1. The lowest BCUT2D eigenvalue weighted by Gasteiger charge is -1.99. The van der Waals surface area contributed by atoms with Gasteiger partial charge >= 0.3 is 0 Å². The average Bonchev–Trinajstić information content (AvgIpc) is 2.75. The molecule has 1 heterocycles. The second kappa shape index (κ2) is 5.19. The molecule has 0 amide bonds. The molecule has 0 bridgehead atoms. The molecule has 0 aliphatic rings. The number of hydrogen-bond donors (Lipinski definition) is 2. The number of rotatable bonds is 4. The normalized spacial score (nSPS) is 12.7. The highest BCUT2D eigenvalue weighted by Crippen LogP contribution is 2.13. The van der Waals surface area contributed by atoms with E-state index in [1.165, 1.54) is 12.1 Å². The van der Waals surface area contributed by atoms with Crippen molar-refractivity contribution in [2.75, 3.05) is 6.61 Å². The Labute approximate surface area is 101 Å². The van der Waals surface area contributed by atoms with Gasteiger partial charge in [-0.2, -0.15) is 4.98 Å². The highest BCUT2D eigenvalue weighted by atomic mass is 19.1. The number of benzene rings is 1. The molecule has 0 aliphatic carbocycles. The minimum absolute atomic E-state index is 0.0874. The molecule has 5 nitrogen and oxygen atoms in total. The smallest absolute Gasteiger partial charge is 0.245 e. The maximum absolute atomic E-state index is 13.0. The second-order valence-corrected chi connectivity index (χ2v) is 3.79. The molecule has 1 aromatic heterocycles. The van der Waals surface area contributed by atoms with Gasteiger partial charge in [0.15, 0.2) is 5.82 Å². The summed E-state index contributed by atoms with van der Waals surface area (Å²) in [6.07, 6.45) is 0.121. The summed E-state index contributed by atoms with van der Waals surface area (Å²) in [6, 6.07) is 2.40. The minimum Gasteiger partial charge on any atom is -0.394 e. The molecular formula is C11H11F2N3O2. The molecule has 0 spiro atoms. The average molecular weight is 255 g/mol. The van der Waals surface area contributed by atoms with Crippen molar-refractivity contribution < 1.29 is 18.4 Å². The lowest BCUT2D eigenvalue weighted by molar-refractivity contribution is 0.236. The first-order valence-electron chi connectivity index (χ1n) is 5.22. The van der Waals surface area contributed by atoms with E-state index in [-0.39, 0.29) is 24.7 Å². The highest BCUT2D eigenvalue weighted by Gasteiger charge is 2.14. The summed E-state index contributed by atoms with van der Waals surface area (Å²) in [5, 5.41) is 12.4. The Morgan fingerprint density at radius 1 is 1.28 bits per heavy atom. The summed E-state index contributed by atoms with van der Waals surface area (Å²) >= 11 is 0. The van der Waals surface area contributed by atoms with Crippen LogP contribution in [0.3, 0.4) is 0 Å². The van der Waals surface area contributed by atoms with Crippen LogP contribution in [0.15, 0.2) is 22.7 Å². The van der Waals surface area contributed by atoms with Crippen LogP contribution in [0, 0.1) is 11.6 Å². The molecule has 0 aliphatic heterocycles. The Morgan fingerprint density at radius 2 is 1.94 bits per heavy atom. The van der Waals surface area contributed by atoms with Crippen LogP contribution in [0.5, 0.6) is 0 Å². The summed E-state index contributed by atoms with van der Waals surface area (Å²) < 4.78 is 30.7. The number of halogens is 2. The molecule has 1 atom stereocenters. The molecule has 2 aromatic rings. The predicted octanol–water partition coefficient (Wildman–Crippen LogP) is 0.931. The lowest BCUT2D eigenvalue weighted by Crippen LogP contribution is -2.14. The van der Waals surface area contributed by atoms with E-state index >= 15 is 0 Å². The fourth-order valence-corrected chi connectivity index (χ4v) is 1.46. The maximum Gasteiger partial charge on any atom is 0.245 e. The van der Waals surface area contributed by atoms with Gasteiger partial charge in [0.25, 0.3) is 0 Å². The quantitative estimate of drug-likeness (QED) is 0.848. The third-order valence-corrected chi connectivity index (χ3v) is 2.28. The van der Waals surface area contributed by atoms with Crippen LogP contribution >= 0.6 is 0 Å². The van der Waals surface area contributed by atoms with Crippen molar-refractivity contribution in [2.45, 2.75) is 12.5 Å². The topological polar surface area (TPSA) is 85.2 Å². The van der Waals surface area contributed by atoms with Crippen LogP contribution in [0.25, 0.3) is 0 Å². The molecule has 0 saturated carbocycles. The van der Waals surface area contributed by atoms with Gasteiger partial charge in [-0.05, 0) is 17.7 Å². The first-order valence-corrected chi connectivity index (χ1v) is 5.22. The largest absolute Gasteiger partial charge is 0.394 e. The molecule has 0 unspecified atom stereocenters. The van der Waals surface area contributed by atoms with E-state index in [1.54, 1.807) is 0 Å². The monoisotopic (exact) mass is 255 g/mol. The van der Waals surface area contributed by atoms with Gasteiger partial charge < -0.3 is 15.4 Å². The molecule has 1 aromatic carbocycles. The van der Waals surface area contributed by atoms with E-state index in [2.05, 4.69) is 10.1 Å². The number of nitrogens with zero attached hydrogens (tertiary/aromatic N) is 2. The summed E-state index contributed by atoms with van der Waals surface area (Å²) in [6.45, 7) is -0.323. The fourth-order valence-electron chi connectivity index (χ4n) is 1.46. The van der Waals surface area contributed by atoms with Crippen LogP contribution in [-0.4, -0.2) is 21.9 Å². The zero-order valence-electron chi connectivity index (χ0n) is 9.31. The summed E-state index contributed by atoms with van der Waals surface area (Å²) in [5.74, 6) is -0.996. The molecule has 3 N–H and O–H groups in total. The third-order valence-electron chi connectivity index (χ3n) is 2.28. The Kier molecular flexibility index (Phi) is 3.63. The van der Waals surface area contributed by atoms with Crippen molar-refractivity contribution in [1.82, 2.24) is 10.1 Å². The predicted molar refractivity (Wildman–Crippen MR) is 57.5 cm³/mol. The van der Waals surface area contributed by atoms with Crippen molar-refractivity contribution in [2.24, 2.45) is 5.73 Å². The SMILES string of the molecule is N[C@H](CO)c1nc(Cc2cc(F)cc(F)c2)no1. The molecule has 0 saturated heterocycles. The lowest BCUT2D eigenvalue weighted by atomic mass is 10.1. The van der Waals surface area contributed by atoms with Crippen LogP contribution in [0.1, 0.15) is 23.3 Å². The number of aliphatic hydroxyl groups excluding tert-OH is 1. The van der Waals surface area contributed by atoms with Gasteiger partial charge in [0, 0.05) is 12.5 Å². The van der Waals surface area contributed by atoms with Crippen molar-refractivity contribution in [3.8, 4) is 0 Å². The number of nitrogens with two attached hydrogens (primary N) is 1. The minimum atomic E-state index is -0.754. The van der Waals surface area contributed by atoms with Crippen LogP contribution in [0.4, 0.5) is 8.78 Å². The molecule has 96 valence electrons. The Balaban J connectivity index is 2.16. The van der Waals surface area contributed by atoms with Crippen LogP contribution < -0.4 is 5.73 Å². The van der Waals surface area contributed by atoms with Gasteiger partial charge in [-0.1, -0.05) is 5.16 Å². The molecule has 0 fully saturated rings. The molecule has 7 heteroatoms. The molecule has 2 rings (SSSR count). The molecule has 18 heavy (non-hydrogen) atoms. The first-order chi connectivity index (χ1) is 8.58.